The fourth-order valence-corrected chi connectivity index (χ4v) is 3.66. The number of ketones is 1. The van der Waals surface area contributed by atoms with Crippen LogP contribution in [-0.4, -0.2) is 29.1 Å². The molecule has 0 spiro atoms. The predicted molar refractivity (Wildman–Crippen MR) is 123 cm³/mol. The summed E-state index contributed by atoms with van der Waals surface area (Å²) in [4.78, 5) is 12.2. The standard InChI is InChI=1S/C16H9BrCl2F4O2.C6H14N.Li/c17-12-3-8(1-2-13(12)20)14(24)7-15(25,16(21,22)23)9-4-10(18)6-11(19)5-9;1-5(2)7-6(3)4;/h1-6,25H,7H2;5-6H,1-4H3;/q;-1;+1. The van der Waals surface area contributed by atoms with Crippen molar-refractivity contribution in [2.75, 3.05) is 0 Å². The van der Waals surface area contributed by atoms with Crippen LogP contribution in [-0.2, 0) is 5.60 Å². The van der Waals surface area contributed by atoms with Gasteiger partial charge in [-0.2, -0.15) is 13.2 Å². The van der Waals surface area contributed by atoms with E-state index in [1.807, 2.05) is 0 Å². The van der Waals surface area contributed by atoms with Crippen LogP contribution in [0, 0.1) is 5.82 Å². The molecule has 0 heterocycles. The molecule has 0 radical (unpaired) electrons. The second-order valence-electron chi connectivity index (χ2n) is 7.58. The molecule has 2 rings (SSSR count). The van der Waals surface area contributed by atoms with Crippen molar-refractivity contribution < 1.29 is 46.3 Å². The summed E-state index contributed by atoms with van der Waals surface area (Å²) in [6.07, 6.45) is -6.49. The number of halogens is 7. The molecule has 11 heteroatoms. The molecule has 1 unspecified atom stereocenters. The van der Waals surface area contributed by atoms with Gasteiger partial charge < -0.3 is 10.4 Å². The number of benzene rings is 2. The molecule has 1 N–H and O–H groups in total. The van der Waals surface area contributed by atoms with E-state index in [4.69, 9.17) is 23.2 Å². The molecule has 2 aromatic carbocycles. The third-order valence-corrected chi connectivity index (χ3v) is 5.11. The Morgan fingerprint density at radius 3 is 1.88 bits per heavy atom. The van der Waals surface area contributed by atoms with Gasteiger partial charge in [0, 0.05) is 15.6 Å². The van der Waals surface area contributed by atoms with Gasteiger partial charge in [-0.3, -0.25) is 4.79 Å². The molecule has 0 aliphatic rings. The van der Waals surface area contributed by atoms with Crippen LogP contribution in [0.4, 0.5) is 17.6 Å². The summed E-state index contributed by atoms with van der Waals surface area (Å²) < 4.78 is 53.7. The topological polar surface area (TPSA) is 51.4 Å². The fraction of sp³-hybridized carbons (Fsp3) is 0.409. The van der Waals surface area contributed by atoms with Crippen LogP contribution in [0.3, 0.4) is 0 Å². The number of rotatable bonds is 6. The van der Waals surface area contributed by atoms with Gasteiger partial charge in [-0.05, 0) is 57.9 Å². The zero-order valence-electron chi connectivity index (χ0n) is 18.8. The minimum atomic E-state index is -5.17. The first-order valence-corrected chi connectivity index (χ1v) is 11.1. The van der Waals surface area contributed by atoms with Crippen molar-refractivity contribution in [3.05, 3.63) is 73.2 Å². The van der Waals surface area contributed by atoms with Gasteiger partial charge >= 0.3 is 25.0 Å². The minimum Gasteiger partial charge on any atom is -0.658 e. The number of hydrogen-bond acceptors (Lipinski definition) is 2. The Balaban J connectivity index is 0.00000111. The molecular weight excluding hydrogens is 544 g/mol. The van der Waals surface area contributed by atoms with Crippen molar-refractivity contribution in [1.82, 2.24) is 0 Å². The Bertz CT molecular complexity index is 919. The van der Waals surface area contributed by atoms with E-state index < -0.39 is 35.4 Å². The fourth-order valence-electron chi connectivity index (χ4n) is 2.76. The number of carbonyl (C=O) groups is 1. The second-order valence-corrected chi connectivity index (χ2v) is 9.31. The Morgan fingerprint density at radius 2 is 1.52 bits per heavy atom. The van der Waals surface area contributed by atoms with E-state index in [-0.39, 0.29) is 38.9 Å². The maximum Gasteiger partial charge on any atom is 1.00 e. The second kappa shape index (κ2) is 13.5. The summed E-state index contributed by atoms with van der Waals surface area (Å²) in [5, 5.41) is 14.3. The molecule has 0 aliphatic heterocycles. The van der Waals surface area contributed by atoms with Gasteiger partial charge in [0.05, 0.1) is 10.9 Å². The summed E-state index contributed by atoms with van der Waals surface area (Å²) in [5.41, 5.74) is -4.35. The van der Waals surface area contributed by atoms with Crippen molar-refractivity contribution in [2.24, 2.45) is 0 Å². The van der Waals surface area contributed by atoms with Crippen LogP contribution in [0.2, 0.25) is 10.0 Å². The quantitative estimate of drug-likeness (QED) is 0.300. The van der Waals surface area contributed by atoms with Gasteiger partial charge in [-0.25, -0.2) is 4.39 Å². The zero-order valence-corrected chi connectivity index (χ0v) is 21.9. The zero-order chi connectivity index (χ0) is 24.9. The van der Waals surface area contributed by atoms with E-state index in [9.17, 15) is 27.5 Å². The molecule has 178 valence electrons. The Kier molecular flexibility index (Phi) is 13.2. The Labute approximate surface area is 221 Å². The molecule has 0 bridgehead atoms. The minimum absolute atomic E-state index is 0. The molecular formula is C22H23BrCl2F4LiNO2. The largest absolute Gasteiger partial charge is 1.00 e. The van der Waals surface area contributed by atoms with E-state index in [0.29, 0.717) is 12.1 Å². The van der Waals surface area contributed by atoms with Gasteiger partial charge in [0.2, 0.25) is 0 Å². The van der Waals surface area contributed by atoms with E-state index in [2.05, 4.69) is 48.9 Å². The molecule has 0 aliphatic carbocycles. The normalized spacial score (nSPS) is 13.2. The predicted octanol–water partition coefficient (Wildman–Crippen LogP) is 5.10. The first-order valence-electron chi connectivity index (χ1n) is 9.50. The van der Waals surface area contributed by atoms with Crippen LogP contribution in [0.15, 0.2) is 40.9 Å². The summed E-state index contributed by atoms with van der Waals surface area (Å²) in [5.74, 6) is -1.71. The van der Waals surface area contributed by atoms with Crippen molar-refractivity contribution in [1.29, 1.82) is 0 Å². The van der Waals surface area contributed by atoms with Crippen molar-refractivity contribution in [3.63, 3.8) is 0 Å². The van der Waals surface area contributed by atoms with Gasteiger partial charge in [-0.15, -0.1) is 12.1 Å². The maximum atomic E-state index is 13.5. The Morgan fingerprint density at radius 1 is 1.03 bits per heavy atom. The smallest absolute Gasteiger partial charge is 0.658 e. The number of alkyl halides is 3. The van der Waals surface area contributed by atoms with E-state index in [1.165, 1.54) is 6.07 Å². The van der Waals surface area contributed by atoms with Gasteiger partial charge in [0.1, 0.15) is 5.82 Å². The molecule has 1 atom stereocenters. The van der Waals surface area contributed by atoms with Gasteiger partial charge in [0.15, 0.2) is 11.4 Å². The molecule has 0 saturated heterocycles. The van der Waals surface area contributed by atoms with Crippen LogP contribution in [0.25, 0.3) is 5.32 Å². The molecule has 3 nitrogen and oxygen atoms in total. The molecule has 33 heavy (non-hydrogen) atoms. The van der Waals surface area contributed by atoms with E-state index in [0.717, 1.165) is 30.3 Å². The van der Waals surface area contributed by atoms with Gasteiger partial charge in [-0.1, -0.05) is 50.9 Å². The molecule has 0 amide bonds. The van der Waals surface area contributed by atoms with Crippen molar-refractivity contribution in [3.8, 4) is 0 Å². The summed E-state index contributed by atoms with van der Waals surface area (Å²) >= 11 is 14.3. The number of aliphatic hydroxyl groups is 1. The number of hydrogen-bond donors (Lipinski definition) is 1. The number of carbonyl (C=O) groups excluding carboxylic acids is 1. The molecule has 0 fully saturated rings. The van der Waals surface area contributed by atoms with Crippen LogP contribution in [0.1, 0.15) is 50.0 Å². The van der Waals surface area contributed by atoms with Crippen LogP contribution >= 0.6 is 39.1 Å². The SMILES string of the molecule is CC(C)[N-]C(C)C.O=C(CC(O)(c1cc(Cl)cc(Cl)c1)C(F)(F)F)c1ccc(F)c(Br)c1.[Li+]. The van der Waals surface area contributed by atoms with Crippen LogP contribution in [0.5, 0.6) is 0 Å². The molecule has 2 aromatic rings. The maximum absolute atomic E-state index is 13.5. The van der Waals surface area contributed by atoms with Crippen LogP contribution < -0.4 is 18.9 Å². The summed E-state index contributed by atoms with van der Waals surface area (Å²) in [6.45, 7) is 8.39. The first kappa shape index (κ1) is 32.4. The average Bonchev–Trinajstić information content (AvgIpc) is 2.61. The first-order chi connectivity index (χ1) is 14.6. The van der Waals surface area contributed by atoms with Crippen molar-refractivity contribution >= 4 is 44.9 Å². The average molecular weight is 567 g/mol. The molecule has 0 aromatic heterocycles. The molecule has 0 saturated carbocycles. The third kappa shape index (κ3) is 9.89. The van der Waals surface area contributed by atoms with E-state index >= 15 is 0 Å². The summed E-state index contributed by atoms with van der Waals surface area (Å²) in [6, 6.07) is 6.97. The Hall–Kier alpha value is -0.593. The number of Topliss-reactive ketones (excluding diaryl/α,β-unsaturated/α-hetero) is 1. The van der Waals surface area contributed by atoms with Gasteiger partial charge in [0.25, 0.3) is 0 Å². The summed E-state index contributed by atoms with van der Waals surface area (Å²) in [7, 11) is 0. The van der Waals surface area contributed by atoms with Crippen molar-refractivity contribution in [2.45, 2.75) is 58.0 Å². The third-order valence-electron chi connectivity index (χ3n) is 4.06. The van der Waals surface area contributed by atoms with E-state index in [1.54, 1.807) is 0 Å². The monoisotopic (exact) mass is 565 g/mol. The number of nitrogens with zero attached hydrogens (tertiary/aromatic N) is 1.